The Hall–Kier alpha value is -1.57. The molecule has 2 N–H and O–H groups in total. The third-order valence-corrected chi connectivity index (χ3v) is 1.63. The first-order valence-electron chi connectivity index (χ1n) is 4.57. The number of rotatable bonds is 4. The van der Waals surface area contributed by atoms with Crippen LogP contribution in [0.25, 0.3) is 0 Å². The maximum Gasteiger partial charge on any atom is 0.310 e. The molecule has 0 aliphatic heterocycles. The summed E-state index contributed by atoms with van der Waals surface area (Å²) in [5.41, 5.74) is 0. The van der Waals surface area contributed by atoms with E-state index in [2.05, 4.69) is 10.6 Å². The number of nitriles is 1. The van der Waals surface area contributed by atoms with Crippen molar-refractivity contribution < 1.29 is 9.59 Å². The molecule has 0 aromatic carbocycles. The highest BCUT2D eigenvalue weighted by atomic mass is 16.2. The maximum absolute atomic E-state index is 11.1. The average molecular weight is 197 g/mol. The van der Waals surface area contributed by atoms with Crippen LogP contribution in [0.2, 0.25) is 0 Å². The van der Waals surface area contributed by atoms with Gasteiger partial charge in [-0.2, -0.15) is 5.26 Å². The Bertz CT molecular complexity index is 245. The highest BCUT2D eigenvalue weighted by molar-refractivity contribution is 6.35. The quantitative estimate of drug-likeness (QED) is 0.489. The summed E-state index contributed by atoms with van der Waals surface area (Å²) in [5.74, 6) is -1.43. The van der Waals surface area contributed by atoms with Crippen LogP contribution in [0.5, 0.6) is 0 Å². The zero-order valence-corrected chi connectivity index (χ0v) is 8.46. The van der Waals surface area contributed by atoms with Gasteiger partial charge in [0.25, 0.3) is 0 Å². The molecule has 78 valence electrons. The van der Waals surface area contributed by atoms with Crippen LogP contribution in [0, 0.1) is 11.3 Å². The van der Waals surface area contributed by atoms with Gasteiger partial charge in [0, 0.05) is 6.04 Å². The zero-order chi connectivity index (χ0) is 11.0. The molecular weight excluding hydrogens is 182 g/mol. The minimum atomic E-state index is -0.755. The normalized spacial score (nSPS) is 11.2. The van der Waals surface area contributed by atoms with Gasteiger partial charge in [-0.05, 0) is 13.3 Å². The van der Waals surface area contributed by atoms with Gasteiger partial charge in [-0.1, -0.05) is 13.3 Å². The molecule has 0 rings (SSSR count). The van der Waals surface area contributed by atoms with Crippen LogP contribution in [-0.4, -0.2) is 24.4 Å². The van der Waals surface area contributed by atoms with Crippen molar-refractivity contribution >= 4 is 11.8 Å². The highest BCUT2D eigenvalue weighted by Gasteiger charge is 2.14. The molecule has 0 bridgehead atoms. The number of nitrogens with zero attached hydrogens (tertiary/aromatic N) is 1. The van der Waals surface area contributed by atoms with Crippen LogP contribution in [0.15, 0.2) is 0 Å². The largest absolute Gasteiger partial charge is 0.345 e. The molecule has 0 spiro atoms. The first kappa shape index (κ1) is 12.4. The lowest BCUT2D eigenvalue weighted by atomic mass is 10.2. The lowest BCUT2D eigenvalue weighted by molar-refractivity contribution is -0.139. The molecule has 0 aliphatic rings. The highest BCUT2D eigenvalue weighted by Crippen LogP contribution is 1.93. The summed E-state index contributed by atoms with van der Waals surface area (Å²) in [7, 11) is 0. The van der Waals surface area contributed by atoms with Gasteiger partial charge in [0.05, 0.1) is 6.07 Å². The fraction of sp³-hybridized carbons (Fsp3) is 0.667. The van der Waals surface area contributed by atoms with E-state index in [1.165, 1.54) is 0 Å². The molecule has 0 aromatic rings. The van der Waals surface area contributed by atoms with Gasteiger partial charge in [-0.15, -0.1) is 0 Å². The predicted molar refractivity (Wildman–Crippen MR) is 51.1 cm³/mol. The first-order chi connectivity index (χ1) is 6.61. The molecule has 1 unspecified atom stereocenters. The molecule has 0 saturated heterocycles. The Morgan fingerprint density at radius 1 is 1.43 bits per heavy atom. The molecule has 0 aromatic heterocycles. The average Bonchev–Trinajstić information content (AvgIpc) is 2.14. The van der Waals surface area contributed by atoms with Crippen molar-refractivity contribution in [3.05, 3.63) is 0 Å². The van der Waals surface area contributed by atoms with Crippen molar-refractivity contribution in [2.24, 2.45) is 0 Å². The van der Waals surface area contributed by atoms with E-state index in [1.54, 1.807) is 6.07 Å². The summed E-state index contributed by atoms with van der Waals surface area (Å²) in [6.07, 6.45) is 1.78. The SMILES string of the molecule is CCCC(C)NC(=O)C(=O)NCC#N. The van der Waals surface area contributed by atoms with E-state index in [0.29, 0.717) is 0 Å². The van der Waals surface area contributed by atoms with E-state index in [4.69, 9.17) is 5.26 Å². The minimum Gasteiger partial charge on any atom is -0.345 e. The van der Waals surface area contributed by atoms with Crippen molar-refractivity contribution in [2.75, 3.05) is 6.54 Å². The van der Waals surface area contributed by atoms with Gasteiger partial charge >= 0.3 is 11.8 Å². The van der Waals surface area contributed by atoms with Crippen LogP contribution in [0.1, 0.15) is 26.7 Å². The fourth-order valence-electron chi connectivity index (χ4n) is 0.995. The summed E-state index contributed by atoms with van der Waals surface area (Å²) in [4.78, 5) is 22.1. The van der Waals surface area contributed by atoms with Gasteiger partial charge in [0.15, 0.2) is 0 Å². The summed E-state index contributed by atoms with van der Waals surface area (Å²) >= 11 is 0. The predicted octanol–water partition coefficient (Wildman–Crippen LogP) is -0.0690. The van der Waals surface area contributed by atoms with E-state index in [-0.39, 0.29) is 12.6 Å². The lowest BCUT2D eigenvalue weighted by Gasteiger charge is -2.11. The Kier molecular flexibility index (Phi) is 6.12. The molecule has 0 aliphatic carbocycles. The van der Waals surface area contributed by atoms with E-state index in [0.717, 1.165) is 12.8 Å². The van der Waals surface area contributed by atoms with Crippen LogP contribution in [0.4, 0.5) is 0 Å². The minimum absolute atomic E-state index is 0.0136. The smallest absolute Gasteiger partial charge is 0.310 e. The van der Waals surface area contributed by atoms with Gasteiger partial charge in [0.2, 0.25) is 0 Å². The number of hydrogen-bond donors (Lipinski definition) is 2. The molecule has 2 amide bonds. The monoisotopic (exact) mass is 197 g/mol. The van der Waals surface area contributed by atoms with Gasteiger partial charge < -0.3 is 10.6 Å². The zero-order valence-electron chi connectivity index (χ0n) is 8.46. The number of hydrogen-bond acceptors (Lipinski definition) is 3. The Balaban J connectivity index is 3.84. The van der Waals surface area contributed by atoms with Crippen LogP contribution in [-0.2, 0) is 9.59 Å². The van der Waals surface area contributed by atoms with Gasteiger partial charge in [0.1, 0.15) is 6.54 Å². The van der Waals surface area contributed by atoms with E-state index in [9.17, 15) is 9.59 Å². The number of amides is 2. The summed E-state index contributed by atoms with van der Waals surface area (Å²) < 4.78 is 0. The third kappa shape index (κ3) is 5.14. The Labute approximate surface area is 83.5 Å². The van der Waals surface area contributed by atoms with E-state index >= 15 is 0 Å². The number of nitrogens with one attached hydrogen (secondary N) is 2. The van der Waals surface area contributed by atoms with Crippen LogP contribution >= 0.6 is 0 Å². The van der Waals surface area contributed by atoms with Gasteiger partial charge in [-0.25, -0.2) is 0 Å². The molecule has 0 radical (unpaired) electrons. The van der Waals surface area contributed by atoms with Crippen molar-refractivity contribution in [2.45, 2.75) is 32.7 Å². The second kappa shape index (κ2) is 6.89. The summed E-state index contributed by atoms with van der Waals surface area (Å²) in [5, 5.41) is 12.9. The lowest BCUT2D eigenvalue weighted by Crippen LogP contribution is -2.43. The first-order valence-corrected chi connectivity index (χ1v) is 4.57. The molecule has 5 nitrogen and oxygen atoms in total. The molecule has 0 fully saturated rings. The van der Waals surface area contributed by atoms with Crippen molar-refractivity contribution in [3.63, 3.8) is 0 Å². The van der Waals surface area contributed by atoms with Crippen LogP contribution in [0.3, 0.4) is 0 Å². The Morgan fingerprint density at radius 2 is 2.07 bits per heavy atom. The second-order valence-corrected chi connectivity index (χ2v) is 3.00. The Morgan fingerprint density at radius 3 is 2.57 bits per heavy atom. The van der Waals surface area contributed by atoms with Crippen LogP contribution < -0.4 is 10.6 Å². The van der Waals surface area contributed by atoms with Crippen molar-refractivity contribution in [1.82, 2.24) is 10.6 Å². The maximum atomic E-state index is 11.1. The summed E-state index contributed by atoms with van der Waals surface area (Å²) in [6.45, 7) is 3.69. The van der Waals surface area contributed by atoms with E-state index in [1.807, 2.05) is 13.8 Å². The molecule has 0 heterocycles. The van der Waals surface area contributed by atoms with Gasteiger partial charge in [-0.3, -0.25) is 9.59 Å². The number of carbonyl (C=O) groups is 2. The molecule has 14 heavy (non-hydrogen) atoms. The molecular formula is C9H15N3O2. The standard InChI is InChI=1S/C9H15N3O2/c1-3-4-7(2)12-9(14)8(13)11-6-5-10/h7H,3-4,6H2,1-2H3,(H,11,13)(H,12,14). The van der Waals surface area contributed by atoms with Crippen molar-refractivity contribution in [3.8, 4) is 6.07 Å². The molecule has 5 heteroatoms. The second-order valence-electron chi connectivity index (χ2n) is 3.00. The van der Waals surface area contributed by atoms with Crippen molar-refractivity contribution in [1.29, 1.82) is 5.26 Å². The number of carbonyl (C=O) groups excluding carboxylic acids is 2. The molecule has 0 saturated carbocycles. The molecule has 1 atom stereocenters. The fourth-order valence-corrected chi connectivity index (χ4v) is 0.995. The summed E-state index contributed by atoms with van der Waals surface area (Å²) in [6, 6.07) is 1.71. The third-order valence-electron chi connectivity index (χ3n) is 1.63. The van der Waals surface area contributed by atoms with E-state index < -0.39 is 11.8 Å². The topological polar surface area (TPSA) is 82.0 Å².